The van der Waals surface area contributed by atoms with E-state index in [-0.39, 0.29) is 0 Å². The smallest absolute Gasteiger partial charge is 0.0233 e. The van der Waals surface area contributed by atoms with Crippen molar-refractivity contribution < 1.29 is 0 Å². The molecule has 0 aromatic heterocycles. The third-order valence-corrected chi connectivity index (χ3v) is 2.87. The number of rotatable bonds is 8. The Morgan fingerprint density at radius 2 is 1.50 bits per heavy atom. The highest BCUT2D eigenvalue weighted by Gasteiger charge is 2.03. The van der Waals surface area contributed by atoms with Gasteiger partial charge in [-0.15, -0.1) is 0 Å². The van der Waals surface area contributed by atoms with Crippen molar-refractivity contribution in [3.05, 3.63) is 35.9 Å². The molecule has 0 bridgehead atoms. The summed E-state index contributed by atoms with van der Waals surface area (Å²) in [7, 11) is 0. The van der Waals surface area contributed by atoms with Crippen molar-refractivity contribution >= 4 is 0 Å². The van der Waals surface area contributed by atoms with Gasteiger partial charge >= 0.3 is 0 Å². The summed E-state index contributed by atoms with van der Waals surface area (Å²) in [5, 5.41) is 0. The molecule has 0 aliphatic heterocycles. The Kier molecular flexibility index (Phi) is 12.1. The van der Waals surface area contributed by atoms with Gasteiger partial charge in [-0.25, -0.2) is 0 Å². The zero-order chi connectivity index (χ0) is 13.6. The Morgan fingerprint density at radius 3 is 2.06 bits per heavy atom. The molecule has 0 spiro atoms. The fourth-order valence-corrected chi connectivity index (χ4v) is 2.01. The number of nitrogens with zero attached hydrogens (tertiary/aromatic N) is 1. The molecule has 0 amide bonds. The average molecular weight is 249 g/mol. The van der Waals surface area contributed by atoms with Crippen LogP contribution >= 0.6 is 0 Å². The van der Waals surface area contributed by atoms with Gasteiger partial charge in [0.25, 0.3) is 0 Å². The van der Waals surface area contributed by atoms with E-state index in [1.165, 1.54) is 44.3 Å². The molecule has 104 valence electrons. The SMILES string of the molecule is CC.CCCCCN(CCC)Cc1ccccc1. The molecule has 1 rings (SSSR count). The van der Waals surface area contributed by atoms with E-state index in [2.05, 4.69) is 49.1 Å². The maximum absolute atomic E-state index is 2.57. The fraction of sp³-hybridized carbons (Fsp3) is 0.647. The molecule has 0 heterocycles. The lowest BCUT2D eigenvalue weighted by molar-refractivity contribution is 0.260. The van der Waals surface area contributed by atoms with Crippen LogP contribution in [0.3, 0.4) is 0 Å². The van der Waals surface area contributed by atoms with Crippen LogP contribution in [0.5, 0.6) is 0 Å². The molecule has 0 unspecified atom stereocenters. The topological polar surface area (TPSA) is 3.24 Å². The first-order valence-corrected chi connectivity index (χ1v) is 7.63. The molecule has 1 nitrogen and oxygen atoms in total. The predicted octanol–water partition coefficient (Wildman–Crippen LogP) is 5.12. The molecule has 1 aromatic rings. The van der Waals surface area contributed by atoms with Gasteiger partial charge in [-0.05, 0) is 31.5 Å². The van der Waals surface area contributed by atoms with Crippen LogP contribution in [0.2, 0.25) is 0 Å². The molecule has 18 heavy (non-hydrogen) atoms. The van der Waals surface area contributed by atoms with E-state index in [9.17, 15) is 0 Å². The second kappa shape index (κ2) is 12.6. The molecule has 1 heteroatoms. The highest BCUT2D eigenvalue weighted by molar-refractivity contribution is 5.14. The summed E-state index contributed by atoms with van der Waals surface area (Å²) in [6.45, 7) is 12.1. The molecule has 0 saturated heterocycles. The molecule has 0 atom stereocenters. The van der Waals surface area contributed by atoms with Crippen LogP contribution in [0.4, 0.5) is 0 Å². The van der Waals surface area contributed by atoms with Crippen molar-refractivity contribution in [3.63, 3.8) is 0 Å². The monoisotopic (exact) mass is 249 g/mol. The lowest BCUT2D eigenvalue weighted by Crippen LogP contribution is -2.25. The lowest BCUT2D eigenvalue weighted by Gasteiger charge is -2.21. The van der Waals surface area contributed by atoms with Crippen molar-refractivity contribution in [1.82, 2.24) is 4.90 Å². The van der Waals surface area contributed by atoms with Crippen molar-refractivity contribution in [2.45, 2.75) is 59.9 Å². The normalized spacial score (nSPS) is 10.1. The minimum absolute atomic E-state index is 1.11. The summed E-state index contributed by atoms with van der Waals surface area (Å²) >= 11 is 0. The van der Waals surface area contributed by atoms with Crippen molar-refractivity contribution in [3.8, 4) is 0 Å². The first kappa shape index (κ1) is 17.2. The maximum atomic E-state index is 2.57. The Hall–Kier alpha value is -0.820. The van der Waals surface area contributed by atoms with Gasteiger partial charge in [0.2, 0.25) is 0 Å². The summed E-state index contributed by atoms with van der Waals surface area (Å²) in [5.74, 6) is 0. The zero-order valence-corrected chi connectivity index (χ0v) is 12.8. The summed E-state index contributed by atoms with van der Waals surface area (Å²) < 4.78 is 0. The largest absolute Gasteiger partial charge is 0.299 e. The molecule has 0 N–H and O–H groups in total. The Balaban J connectivity index is 0.00000137. The van der Waals surface area contributed by atoms with E-state index in [4.69, 9.17) is 0 Å². The average Bonchev–Trinajstić information content (AvgIpc) is 2.43. The fourth-order valence-electron chi connectivity index (χ4n) is 2.01. The van der Waals surface area contributed by atoms with E-state index >= 15 is 0 Å². The number of hydrogen-bond donors (Lipinski definition) is 0. The van der Waals surface area contributed by atoms with Gasteiger partial charge in [0.05, 0.1) is 0 Å². The zero-order valence-electron chi connectivity index (χ0n) is 12.8. The van der Waals surface area contributed by atoms with Crippen LogP contribution in [-0.4, -0.2) is 18.0 Å². The summed E-state index contributed by atoms with van der Waals surface area (Å²) in [4.78, 5) is 2.57. The minimum Gasteiger partial charge on any atom is -0.299 e. The number of hydrogen-bond acceptors (Lipinski definition) is 1. The van der Waals surface area contributed by atoms with E-state index < -0.39 is 0 Å². The van der Waals surface area contributed by atoms with Gasteiger partial charge in [-0.1, -0.05) is 70.9 Å². The molecule has 1 aromatic carbocycles. The van der Waals surface area contributed by atoms with Crippen molar-refractivity contribution in [2.24, 2.45) is 0 Å². The first-order valence-electron chi connectivity index (χ1n) is 7.63. The third kappa shape index (κ3) is 8.30. The predicted molar refractivity (Wildman–Crippen MR) is 82.9 cm³/mol. The molecule has 0 radical (unpaired) electrons. The van der Waals surface area contributed by atoms with Crippen molar-refractivity contribution in [1.29, 1.82) is 0 Å². The maximum Gasteiger partial charge on any atom is 0.0233 e. The molecule has 0 saturated carbocycles. The third-order valence-electron chi connectivity index (χ3n) is 2.87. The van der Waals surface area contributed by atoms with Gasteiger partial charge in [0.15, 0.2) is 0 Å². The van der Waals surface area contributed by atoms with Gasteiger partial charge in [0.1, 0.15) is 0 Å². The van der Waals surface area contributed by atoms with E-state index in [0.717, 1.165) is 6.54 Å². The van der Waals surface area contributed by atoms with Crippen LogP contribution in [-0.2, 0) is 6.54 Å². The molecule has 0 aliphatic rings. The van der Waals surface area contributed by atoms with Crippen LogP contribution in [0.1, 0.15) is 58.9 Å². The van der Waals surface area contributed by atoms with Crippen LogP contribution in [0.15, 0.2) is 30.3 Å². The Labute approximate surface area is 114 Å². The standard InChI is InChI=1S/C15H25N.C2H6/c1-3-5-9-13-16(12-4-2)14-15-10-7-6-8-11-15;1-2/h6-8,10-11H,3-5,9,12-14H2,1-2H3;1-2H3. The van der Waals surface area contributed by atoms with Crippen LogP contribution in [0.25, 0.3) is 0 Å². The molecular formula is C17H31N. The van der Waals surface area contributed by atoms with Gasteiger partial charge < -0.3 is 0 Å². The highest BCUT2D eigenvalue weighted by Crippen LogP contribution is 2.07. The number of unbranched alkanes of at least 4 members (excludes halogenated alkanes) is 2. The molecule has 0 aliphatic carbocycles. The Bertz CT molecular complexity index is 256. The van der Waals surface area contributed by atoms with Gasteiger partial charge in [0, 0.05) is 6.54 Å². The summed E-state index contributed by atoms with van der Waals surface area (Å²) in [5.41, 5.74) is 1.44. The number of benzene rings is 1. The quantitative estimate of drug-likeness (QED) is 0.578. The van der Waals surface area contributed by atoms with Gasteiger partial charge in [-0.3, -0.25) is 4.90 Å². The second-order valence-corrected chi connectivity index (χ2v) is 4.47. The minimum atomic E-state index is 1.11. The van der Waals surface area contributed by atoms with E-state index in [0.29, 0.717) is 0 Å². The van der Waals surface area contributed by atoms with E-state index in [1.807, 2.05) is 13.8 Å². The second-order valence-electron chi connectivity index (χ2n) is 4.47. The lowest BCUT2D eigenvalue weighted by atomic mass is 10.2. The summed E-state index contributed by atoms with van der Waals surface area (Å²) in [6, 6.07) is 10.8. The van der Waals surface area contributed by atoms with E-state index in [1.54, 1.807) is 0 Å². The van der Waals surface area contributed by atoms with Crippen LogP contribution in [0, 0.1) is 0 Å². The molecular weight excluding hydrogens is 218 g/mol. The van der Waals surface area contributed by atoms with Crippen molar-refractivity contribution in [2.75, 3.05) is 13.1 Å². The van der Waals surface area contributed by atoms with Gasteiger partial charge in [-0.2, -0.15) is 0 Å². The first-order chi connectivity index (χ1) is 8.86. The van der Waals surface area contributed by atoms with Crippen LogP contribution < -0.4 is 0 Å². The Morgan fingerprint density at radius 1 is 0.833 bits per heavy atom. The highest BCUT2D eigenvalue weighted by atomic mass is 15.1. The summed E-state index contributed by atoms with van der Waals surface area (Å²) in [6.07, 6.45) is 5.25. The molecule has 0 fully saturated rings.